The number of anilines is 1. The minimum Gasteiger partial charge on any atom is -0.369 e. The van der Waals surface area contributed by atoms with Gasteiger partial charge < -0.3 is 11.1 Å². The fraction of sp³-hybridized carbons (Fsp3) is 0.545. The number of rotatable bonds is 3. The van der Waals surface area contributed by atoms with Gasteiger partial charge in [0.25, 0.3) is 0 Å². The number of carbonyl (C=O) groups excluding carboxylic acids is 1. The fourth-order valence-electron chi connectivity index (χ4n) is 2.16. The van der Waals surface area contributed by atoms with E-state index in [1.54, 1.807) is 0 Å². The van der Waals surface area contributed by atoms with Crippen molar-refractivity contribution in [3.05, 3.63) is 17.3 Å². The van der Waals surface area contributed by atoms with Gasteiger partial charge in [0.2, 0.25) is 11.2 Å². The lowest BCUT2D eigenvalue weighted by atomic mass is 9.85. The largest absolute Gasteiger partial charge is 0.369 e. The van der Waals surface area contributed by atoms with E-state index in [0.717, 1.165) is 19.0 Å². The second-order valence-corrected chi connectivity index (χ2v) is 4.77. The van der Waals surface area contributed by atoms with Crippen LogP contribution in [0.25, 0.3) is 0 Å². The van der Waals surface area contributed by atoms with Crippen molar-refractivity contribution in [2.75, 3.05) is 5.32 Å². The number of aromatic nitrogens is 2. The van der Waals surface area contributed by atoms with E-state index < -0.39 is 5.82 Å². The summed E-state index contributed by atoms with van der Waals surface area (Å²) in [7, 11) is 0. The Kier molecular flexibility index (Phi) is 3.96. The minimum atomic E-state index is -0.531. The Balaban J connectivity index is 1.95. The van der Waals surface area contributed by atoms with Gasteiger partial charge in [-0.3, -0.25) is 4.79 Å². The molecular weight excluding hydrogens is 259 g/mol. The van der Waals surface area contributed by atoms with Crippen molar-refractivity contribution < 1.29 is 9.18 Å². The Labute approximate surface area is 109 Å². The van der Waals surface area contributed by atoms with Crippen LogP contribution in [0.5, 0.6) is 0 Å². The molecule has 0 spiro atoms. The highest BCUT2D eigenvalue weighted by Crippen LogP contribution is 2.26. The van der Waals surface area contributed by atoms with Crippen LogP contribution >= 0.6 is 11.6 Å². The summed E-state index contributed by atoms with van der Waals surface area (Å²) in [5, 5.41) is 2.99. The molecule has 0 bridgehead atoms. The highest BCUT2D eigenvalue weighted by molar-refractivity contribution is 6.28. The Morgan fingerprint density at radius 1 is 1.44 bits per heavy atom. The van der Waals surface area contributed by atoms with Crippen molar-refractivity contribution in [1.29, 1.82) is 0 Å². The summed E-state index contributed by atoms with van der Waals surface area (Å²) < 4.78 is 13.4. The maximum atomic E-state index is 13.4. The Morgan fingerprint density at radius 2 is 2.11 bits per heavy atom. The molecule has 18 heavy (non-hydrogen) atoms. The molecule has 2 rings (SSSR count). The SMILES string of the molecule is NC(=O)C1CCC(Nc2nc(Cl)ncc2F)CC1. The average Bonchev–Trinajstić information content (AvgIpc) is 2.34. The van der Waals surface area contributed by atoms with Gasteiger partial charge in [0.05, 0.1) is 6.20 Å². The summed E-state index contributed by atoms with van der Waals surface area (Å²) in [6.07, 6.45) is 3.98. The van der Waals surface area contributed by atoms with Gasteiger partial charge >= 0.3 is 0 Å². The Hall–Kier alpha value is -1.43. The average molecular weight is 273 g/mol. The maximum Gasteiger partial charge on any atom is 0.224 e. The molecule has 3 N–H and O–H groups in total. The molecule has 1 aromatic heterocycles. The summed E-state index contributed by atoms with van der Waals surface area (Å²) in [4.78, 5) is 18.4. The first-order valence-corrected chi connectivity index (χ1v) is 6.18. The standard InChI is InChI=1S/C11H14ClFN4O/c12-11-15-5-8(13)10(17-11)16-7-3-1-6(2-4-7)9(14)18/h5-7H,1-4H2,(H2,14,18)(H,15,16,17). The zero-order chi connectivity index (χ0) is 13.1. The lowest BCUT2D eigenvalue weighted by molar-refractivity contribution is -0.122. The number of halogens is 2. The second kappa shape index (κ2) is 5.48. The molecule has 0 saturated heterocycles. The van der Waals surface area contributed by atoms with Gasteiger partial charge in [-0.25, -0.2) is 9.37 Å². The highest BCUT2D eigenvalue weighted by atomic mass is 35.5. The minimum absolute atomic E-state index is 0.00437. The van der Waals surface area contributed by atoms with Crippen molar-refractivity contribution in [1.82, 2.24) is 9.97 Å². The van der Waals surface area contributed by atoms with Gasteiger partial charge in [-0.1, -0.05) is 0 Å². The van der Waals surface area contributed by atoms with Crippen LogP contribution in [0.3, 0.4) is 0 Å². The summed E-state index contributed by atoms with van der Waals surface area (Å²) in [6, 6.07) is 0.0843. The van der Waals surface area contributed by atoms with Gasteiger partial charge in [0, 0.05) is 12.0 Å². The number of hydrogen-bond acceptors (Lipinski definition) is 4. The van der Waals surface area contributed by atoms with Crippen LogP contribution in [0.1, 0.15) is 25.7 Å². The molecule has 0 aromatic carbocycles. The second-order valence-electron chi connectivity index (χ2n) is 4.43. The zero-order valence-corrected chi connectivity index (χ0v) is 10.5. The van der Waals surface area contributed by atoms with Crippen LogP contribution in [-0.4, -0.2) is 21.9 Å². The third-order valence-electron chi connectivity index (χ3n) is 3.19. The number of primary amides is 1. The first kappa shape index (κ1) is 13.0. The molecule has 0 radical (unpaired) electrons. The molecule has 5 nitrogen and oxygen atoms in total. The van der Waals surface area contributed by atoms with E-state index in [-0.39, 0.29) is 29.0 Å². The van der Waals surface area contributed by atoms with Crippen LogP contribution in [-0.2, 0) is 4.79 Å². The molecule has 7 heteroatoms. The van der Waals surface area contributed by atoms with Crippen molar-refractivity contribution >= 4 is 23.3 Å². The lowest BCUT2D eigenvalue weighted by Gasteiger charge is -2.27. The third-order valence-corrected chi connectivity index (χ3v) is 3.37. The van der Waals surface area contributed by atoms with E-state index in [2.05, 4.69) is 15.3 Å². The number of nitrogens with two attached hydrogens (primary N) is 1. The first-order valence-electron chi connectivity index (χ1n) is 5.80. The van der Waals surface area contributed by atoms with Crippen LogP contribution < -0.4 is 11.1 Å². The molecule has 0 aliphatic heterocycles. The normalized spacial score (nSPS) is 23.7. The molecule has 0 unspecified atom stereocenters. The first-order chi connectivity index (χ1) is 8.56. The summed E-state index contributed by atoms with van der Waals surface area (Å²) in [6.45, 7) is 0. The zero-order valence-electron chi connectivity index (χ0n) is 9.70. The molecule has 1 heterocycles. The van der Waals surface area contributed by atoms with E-state index in [1.165, 1.54) is 0 Å². The number of amides is 1. The molecule has 1 amide bonds. The van der Waals surface area contributed by atoms with E-state index in [4.69, 9.17) is 17.3 Å². The number of hydrogen-bond donors (Lipinski definition) is 2. The summed E-state index contributed by atoms with van der Waals surface area (Å²) >= 11 is 5.61. The maximum absolute atomic E-state index is 13.4. The van der Waals surface area contributed by atoms with Gasteiger partial charge in [0.15, 0.2) is 11.6 Å². The monoisotopic (exact) mass is 272 g/mol. The molecular formula is C11H14ClFN4O. The van der Waals surface area contributed by atoms with Crippen molar-refractivity contribution in [3.63, 3.8) is 0 Å². The van der Waals surface area contributed by atoms with Gasteiger partial charge in [-0.2, -0.15) is 4.98 Å². The van der Waals surface area contributed by atoms with Crippen molar-refractivity contribution in [3.8, 4) is 0 Å². The van der Waals surface area contributed by atoms with Crippen LogP contribution in [0, 0.1) is 11.7 Å². The molecule has 0 atom stereocenters. The Bertz CT molecular complexity index is 449. The molecule has 98 valence electrons. The van der Waals surface area contributed by atoms with Gasteiger partial charge in [0.1, 0.15) is 0 Å². The van der Waals surface area contributed by atoms with Crippen molar-refractivity contribution in [2.24, 2.45) is 11.7 Å². The van der Waals surface area contributed by atoms with Crippen molar-refractivity contribution in [2.45, 2.75) is 31.7 Å². The number of nitrogens with zero attached hydrogens (tertiary/aromatic N) is 2. The predicted octanol–water partition coefficient (Wildman–Crippen LogP) is 1.73. The summed E-state index contributed by atoms with van der Waals surface area (Å²) in [5.41, 5.74) is 5.25. The predicted molar refractivity (Wildman–Crippen MR) is 65.6 cm³/mol. The fourth-order valence-corrected chi connectivity index (χ4v) is 2.30. The molecule has 1 saturated carbocycles. The number of nitrogens with one attached hydrogen (secondary N) is 1. The summed E-state index contributed by atoms with van der Waals surface area (Å²) in [5.74, 6) is -0.749. The van der Waals surface area contributed by atoms with E-state index in [0.29, 0.717) is 12.8 Å². The molecule has 1 fully saturated rings. The van der Waals surface area contributed by atoms with Crippen LogP contribution in [0.2, 0.25) is 5.28 Å². The molecule has 1 aromatic rings. The molecule has 1 aliphatic rings. The van der Waals surface area contributed by atoms with Crippen LogP contribution in [0.4, 0.5) is 10.2 Å². The Morgan fingerprint density at radius 3 is 2.72 bits per heavy atom. The smallest absolute Gasteiger partial charge is 0.224 e. The van der Waals surface area contributed by atoms with Gasteiger partial charge in [-0.05, 0) is 37.3 Å². The van der Waals surface area contributed by atoms with Crippen LogP contribution in [0.15, 0.2) is 6.20 Å². The van der Waals surface area contributed by atoms with E-state index >= 15 is 0 Å². The highest BCUT2D eigenvalue weighted by Gasteiger charge is 2.25. The number of carbonyl (C=O) groups is 1. The topological polar surface area (TPSA) is 80.9 Å². The van der Waals surface area contributed by atoms with Gasteiger partial charge in [-0.15, -0.1) is 0 Å². The third kappa shape index (κ3) is 3.07. The van der Waals surface area contributed by atoms with E-state index in [1.807, 2.05) is 0 Å². The van der Waals surface area contributed by atoms with E-state index in [9.17, 15) is 9.18 Å². The molecule has 1 aliphatic carbocycles. The quantitative estimate of drug-likeness (QED) is 0.821. The lowest BCUT2D eigenvalue weighted by Crippen LogP contribution is -2.32.